The quantitative estimate of drug-likeness (QED) is 0.354. The van der Waals surface area contributed by atoms with E-state index in [0.717, 1.165) is 56.3 Å². The third kappa shape index (κ3) is 3.40. The molecule has 0 N–H and O–H groups in total. The van der Waals surface area contributed by atoms with Crippen molar-refractivity contribution in [3.63, 3.8) is 0 Å². The lowest BCUT2D eigenvalue weighted by atomic mass is 10.0. The van der Waals surface area contributed by atoms with Gasteiger partial charge in [-0.15, -0.1) is 0 Å². The third-order valence-electron chi connectivity index (χ3n) is 6.40. The highest BCUT2D eigenvalue weighted by molar-refractivity contribution is 5.95. The fourth-order valence-electron chi connectivity index (χ4n) is 4.46. The van der Waals surface area contributed by atoms with Gasteiger partial charge in [-0.25, -0.2) is 9.97 Å². The minimum Gasteiger partial charge on any atom is -0.361 e. The Morgan fingerprint density at radius 2 is 1.82 bits per heavy atom. The number of rotatable bonds is 5. The summed E-state index contributed by atoms with van der Waals surface area (Å²) in [5, 5.41) is 10.2. The first-order valence-electron chi connectivity index (χ1n) is 11.3. The molecule has 0 radical (unpaired) electrons. The van der Waals surface area contributed by atoms with Crippen molar-refractivity contribution in [3.8, 4) is 22.4 Å². The van der Waals surface area contributed by atoms with Crippen LogP contribution in [0.25, 0.3) is 33.3 Å². The molecule has 1 saturated carbocycles. The van der Waals surface area contributed by atoms with Crippen LogP contribution in [0.2, 0.25) is 0 Å². The first kappa shape index (κ1) is 19.8. The molecule has 0 spiro atoms. The summed E-state index contributed by atoms with van der Waals surface area (Å²) in [7, 11) is 0. The van der Waals surface area contributed by atoms with Gasteiger partial charge in [0, 0.05) is 41.0 Å². The smallest absolute Gasteiger partial charge is 0.141 e. The normalized spacial score (nSPS) is 14.6. The zero-order valence-corrected chi connectivity index (χ0v) is 18.9. The van der Waals surface area contributed by atoms with Gasteiger partial charge in [0.1, 0.15) is 17.3 Å². The molecule has 4 heterocycles. The van der Waals surface area contributed by atoms with E-state index in [9.17, 15) is 0 Å². The molecule has 0 amide bonds. The van der Waals surface area contributed by atoms with Gasteiger partial charge < -0.3 is 4.52 Å². The number of hydrogen-bond donors (Lipinski definition) is 0. The summed E-state index contributed by atoms with van der Waals surface area (Å²) in [6.45, 7) is 6.03. The molecule has 4 aromatic heterocycles. The molecule has 1 aromatic carbocycles. The van der Waals surface area contributed by atoms with Crippen LogP contribution in [0.5, 0.6) is 0 Å². The lowest BCUT2D eigenvalue weighted by Gasteiger charge is -2.13. The fourth-order valence-corrected chi connectivity index (χ4v) is 4.46. The molecule has 7 heteroatoms. The number of benzene rings is 1. The molecule has 1 aliphatic rings. The van der Waals surface area contributed by atoms with Gasteiger partial charge in [-0.3, -0.25) is 9.67 Å². The molecular weight excluding hydrogens is 412 g/mol. The molecular formula is C26H24N6O. The Morgan fingerprint density at radius 1 is 1.00 bits per heavy atom. The van der Waals surface area contributed by atoms with Crippen LogP contribution in [-0.4, -0.2) is 29.9 Å². The van der Waals surface area contributed by atoms with Crippen molar-refractivity contribution in [2.45, 2.75) is 45.6 Å². The van der Waals surface area contributed by atoms with Gasteiger partial charge in [-0.05, 0) is 63.4 Å². The first-order valence-corrected chi connectivity index (χ1v) is 11.3. The van der Waals surface area contributed by atoms with E-state index in [2.05, 4.69) is 45.2 Å². The van der Waals surface area contributed by atoms with Gasteiger partial charge in [0.05, 0.1) is 22.9 Å². The van der Waals surface area contributed by atoms with Gasteiger partial charge in [-0.1, -0.05) is 17.3 Å². The van der Waals surface area contributed by atoms with E-state index >= 15 is 0 Å². The predicted molar refractivity (Wildman–Crippen MR) is 126 cm³/mol. The summed E-state index contributed by atoms with van der Waals surface area (Å²) in [4.78, 5) is 13.8. The minimum atomic E-state index is -0.0472. The van der Waals surface area contributed by atoms with Crippen molar-refractivity contribution < 1.29 is 4.52 Å². The highest BCUT2D eigenvalue weighted by atomic mass is 16.5. The number of hydrogen-bond acceptors (Lipinski definition) is 6. The maximum absolute atomic E-state index is 5.42. The van der Waals surface area contributed by atoms with E-state index in [1.807, 2.05) is 55.3 Å². The Kier molecular flexibility index (Phi) is 4.57. The SMILES string of the molecule is Cc1noc(C)c1-c1ccc2c(-c3cnc(C4CC4)nc3)nn([C@@H](C)c3ccccn3)c2c1. The van der Waals surface area contributed by atoms with Crippen LogP contribution in [-0.2, 0) is 0 Å². The Balaban J connectivity index is 1.53. The standard InChI is InChI=1S/C26H24N6O/c1-15-24(17(3)33-31-15)19-9-10-21-23(12-19)32(16(2)22-6-4-5-11-27-22)30-25(21)20-13-28-26(29-14-20)18-7-8-18/h4-6,9-14,16,18H,7-8H2,1-3H3/t16-/m0/s1. The maximum atomic E-state index is 5.42. The number of fused-ring (bicyclic) bond motifs is 1. The summed E-state index contributed by atoms with van der Waals surface area (Å²) in [5.41, 5.74) is 6.72. The van der Waals surface area contributed by atoms with Crippen LogP contribution < -0.4 is 0 Å². The number of aryl methyl sites for hydroxylation is 2. The Bertz CT molecular complexity index is 1430. The second-order valence-electron chi connectivity index (χ2n) is 8.76. The number of pyridine rings is 1. The van der Waals surface area contributed by atoms with Gasteiger partial charge in [0.2, 0.25) is 0 Å². The van der Waals surface area contributed by atoms with Gasteiger partial charge in [0.15, 0.2) is 0 Å². The highest BCUT2D eigenvalue weighted by Gasteiger charge is 2.27. The van der Waals surface area contributed by atoms with E-state index < -0.39 is 0 Å². The zero-order chi connectivity index (χ0) is 22.5. The second kappa shape index (κ2) is 7.62. The van der Waals surface area contributed by atoms with E-state index in [1.54, 1.807) is 0 Å². The molecule has 164 valence electrons. The topological polar surface area (TPSA) is 82.5 Å². The number of aromatic nitrogens is 6. The second-order valence-corrected chi connectivity index (χ2v) is 8.76. The van der Waals surface area contributed by atoms with E-state index in [-0.39, 0.29) is 6.04 Å². The molecule has 0 bridgehead atoms. The van der Waals surface area contributed by atoms with E-state index in [1.165, 1.54) is 12.8 Å². The lowest BCUT2D eigenvalue weighted by Crippen LogP contribution is -2.10. The minimum absolute atomic E-state index is 0.0472. The molecule has 5 aromatic rings. The molecule has 7 nitrogen and oxygen atoms in total. The molecule has 33 heavy (non-hydrogen) atoms. The van der Waals surface area contributed by atoms with E-state index in [0.29, 0.717) is 5.92 Å². The van der Waals surface area contributed by atoms with Crippen molar-refractivity contribution in [3.05, 3.63) is 78.0 Å². The van der Waals surface area contributed by atoms with Crippen molar-refractivity contribution in [1.82, 2.24) is 29.9 Å². The van der Waals surface area contributed by atoms with Crippen molar-refractivity contribution >= 4 is 10.9 Å². The largest absolute Gasteiger partial charge is 0.361 e. The van der Waals surface area contributed by atoms with Crippen LogP contribution in [0.1, 0.15) is 54.7 Å². The fraction of sp³-hybridized carbons (Fsp3) is 0.269. The van der Waals surface area contributed by atoms with Crippen molar-refractivity contribution in [2.75, 3.05) is 0 Å². The summed E-state index contributed by atoms with van der Waals surface area (Å²) in [6.07, 6.45) is 7.99. The van der Waals surface area contributed by atoms with E-state index in [4.69, 9.17) is 9.62 Å². The molecule has 0 saturated heterocycles. The average Bonchev–Trinajstić information content (AvgIpc) is 3.56. The summed E-state index contributed by atoms with van der Waals surface area (Å²) >= 11 is 0. The van der Waals surface area contributed by atoms with Gasteiger partial charge in [-0.2, -0.15) is 5.10 Å². The molecule has 1 atom stereocenters. The van der Waals surface area contributed by atoms with Crippen LogP contribution in [0, 0.1) is 13.8 Å². The third-order valence-corrected chi connectivity index (χ3v) is 6.40. The molecule has 0 unspecified atom stereocenters. The van der Waals surface area contributed by atoms with Crippen LogP contribution in [0.15, 0.2) is 59.5 Å². The van der Waals surface area contributed by atoms with Crippen LogP contribution in [0.4, 0.5) is 0 Å². The zero-order valence-electron chi connectivity index (χ0n) is 18.9. The highest BCUT2D eigenvalue weighted by Crippen LogP contribution is 2.39. The van der Waals surface area contributed by atoms with Crippen molar-refractivity contribution in [2.24, 2.45) is 0 Å². The van der Waals surface area contributed by atoms with Crippen LogP contribution >= 0.6 is 0 Å². The average molecular weight is 437 g/mol. The monoisotopic (exact) mass is 436 g/mol. The Labute approximate surface area is 191 Å². The molecule has 1 fully saturated rings. The Hall–Kier alpha value is -3.87. The lowest BCUT2D eigenvalue weighted by molar-refractivity contribution is 0.393. The summed E-state index contributed by atoms with van der Waals surface area (Å²) in [6, 6.07) is 12.3. The molecule has 1 aliphatic carbocycles. The Morgan fingerprint density at radius 3 is 2.48 bits per heavy atom. The maximum Gasteiger partial charge on any atom is 0.141 e. The predicted octanol–water partition coefficient (Wildman–Crippen LogP) is 5.65. The van der Waals surface area contributed by atoms with Gasteiger partial charge in [0.25, 0.3) is 0 Å². The van der Waals surface area contributed by atoms with Crippen LogP contribution in [0.3, 0.4) is 0 Å². The van der Waals surface area contributed by atoms with Crippen molar-refractivity contribution in [1.29, 1.82) is 0 Å². The first-order chi connectivity index (χ1) is 16.1. The van der Waals surface area contributed by atoms with Gasteiger partial charge >= 0.3 is 0 Å². The summed E-state index contributed by atoms with van der Waals surface area (Å²) < 4.78 is 7.47. The molecule has 6 rings (SSSR count). The summed E-state index contributed by atoms with van der Waals surface area (Å²) in [5.74, 6) is 2.26. The number of nitrogens with zero attached hydrogens (tertiary/aromatic N) is 6. The molecule has 0 aliphatic heterocycles.